The zero-order chi connectivity index (χ0) is 15.7. The van der Waals surface area contributed by atoms with Crippen molar-refractivity contribution in [2.24, 2.45) is 0 Å². The van der Waals surface area contributed by atoms with Crippen LogP contribution in [0.5, 0.6) is 11.5 Å². The molecule has 114 valence electrons. The third kappa shape index (κ3) is 2.46. The molecule has 3 aromatic rings. The fraction of sp³-hybridized carbons (Fsp3) is 0.214. The molecule has 0 saturated heterocycles. The zero-order valence-electron chi connectivity index (χ0n) is 12.3. The van der Waals surface area contributed by atoms with Crippen LogP contribution in [-0.4, -0.2) is 34.2 Å². The molecule has 0 aliphatic heterocycles. The lowest BCUT2D eigenvalue weighted by Crippen LogP contribution is -1.99. The maximum Gasteiger partial charge on any atom is 0.224 e. The van der Waals surface area contributed by atoms with Crippen LogP contribution < -0.4 is 20.9 Å². The van der Waals surface area contributed by atoms with Gasteiger partial charge in [-0.3, -0.25) is 0 Å². The molecule has 0 bridgehead atoms. The summed E-state index contributed by atoms with van der Waals surface area (Å²) in [6, 6.07) is 5.59. The van der Waals surface area contributed by atoms with Crippen LogP contribution in [0.25, 0.3) is 11.2 Å². The highest BCUT2D eigenvalue weighted by molar-refractivity contribution is 5.82. The molecule has 0 fully saturated rings. The molecule has 5 N–H and O–H groups in total. The highest BCUT2D eigenvalue weighted by Crippen LogP contribution is 2.26. The quantitative estimate of drug-likeness (QED) is 0.659. The molecule has 0 saturated carbocycles. The normalized spacial score (nSPS) is 10.8. The molecule has 0 amide bonds. The molecule has 0 spiro atoms. The SMILES string of the molecule is COc1ccc(OC)c(Cc2nc3c(N)nc(N)nc3[nH]2)c1. The van der Waals surface area contributed by atoms with Crippen molar-refractivity contribution < 1.29 is 9.47 Å². The Hall–Kier alpha value is -3.03. The molecule has 0 atom stereocenters. The first-order chi connectivity index (χ1) is 10.6. The summed E-state index contributed by atoms with van der Waals surface area (Å²) in [5, 5.41) is 0. The van der Waals surface area contributed by atoms with Crippen LogP contribution >= 0.6 is 0 Å². The largest absolute Gasteiger partial charge is 0.497 e. The van der Waals surface area contributed by atoms with Crippen LogP contribution in [0.4, 0.5) is 11.8 Å². The lowest BCUT2D eigenvalue weighted by atomic mass is 10.1. The first-order valence-electron chi connectivity index (χ1n) is 6.59. The highest BCUT2D eigenvalue weighted by atomic mass is 16.5. The van der Waals surface area contributed by atoms with Gasteiger partial charge in [-0.05, 0) is 18.2 Å². The number of imidazole rings is 1. The minimum absolute atomic E-state index is 0.110. The summed E-state index contributed by atoms with van der Waals surface area (Å²) < 4.78 is 10.6. The standard InChI is InChI=1S/C14H16N6O2/c1-21-8-3-4-9(22-2)7(5-8)6-10-17-11-12(15)19-14(16)20-13(11)18-10/h3-5H,6H2,1-2H3,(H5,15,16,17,18,19,20). The number of aromatic amines is 1. The molecular formula is C14H16N6O2. The molecule has 0 aliphatic carbocycles. The van der Waals surface area contributed by atoms with Gasteiger partial charge in [-0.15, -0.1) is 0 Å². The Balaban J connectivity index is 2.01. The number of nitrogens with zero attached hydrogens (tertiary/aromatic N) is 3. The molecule has 2 heterocycles. The van der Waals surface area contributed by atoms with Gasteiger partial charge >= 0.3 is 0 Å². The average molecular weight is 300 g/mol. The van der Waals surface area contributed by atoms with Crippen molar-refractivity contribution in [3.63, 3.8) is 0 Å². The van der Waals surface area contributed by atoms with Gasteiger partial charge in [-0.2, -0.15) is 9.97 Å². The fourth-order valence-corrected chi connectivity index (χ4v) is 2.27. The van der Waals surface area contributed by atoms with Gasteiger partial charge in [-0.1, -0.05) is 0 Å². The van der Waals surface area contributed by atoms with E-state index in [1.807, 2.05) is 18.2 Å². The predicted molar refractivity (Wildman–Crippen MR) is 82.9 cm³/mol. The van der Waals surface area contributed by atoms with E-state index in [0.717, 1.165) is 17.1 Å². The summed E-state index contributed by atoms with van der Waals surface area (Å²) in [4.78, 5) is 15.5. The summed E-state index contributed by atoms with van der Waals surface area (Å²) in [6.45, 7) is 0. The number of aromatic nitrogens is 4. The summed E-state index contributed by atoms with van der Waals surface area (Å²) in [5.74, 6) is 2.55. The van der Waals surface area contributed by atoms with E-state index in [2.05, 4.69) is 19.9 Å². The number of hydrogen-bond donors (Lipinski definition) is 3. The van der Waals surface area contributed by atoms with E-state index in [9.17, 15) is 0 Å². The van der Waals surface area contributed by atoms with Gasteiger partial charge in [0.05, 0.1) is 14.2 Å². The second-order valence-electron chi connectivity index (χ2n) is 4.70. The number of methoxy groups -OCH3 is 2. The van der Waals surface area contributed by atoms with Crippen LogP contribution in [0.1, 0.15) is 11.4 Å². The number of nitrogens with two attached hydrogens (primary N) is 2. The fourth-order valence-electron chi connectivity index (χ4n) is 2.27. The monoisotopic (exact) mass is 300 g/mol. The van der Waals surface area contributed by atoms with Crippen molar-refractivity contribution in [2.45, 2.75) is 6.42 Å². The van der Waals surface area contributed by atoms with E-state index in [1.54, 1.807) is 14.2 Å². The maximum absolute atomic E-state index is 5.81. The van der Waals surface area contributed by atoms with Gasteiger partial charge in [0.15, 0.2) is 17.0 Å². The van der Waals surface area contributed by atoms with E-state index in [-0.39, 0.29) is 11.8 Å². The summed E-state index contributed by atoms with van der Waals surface area (Å²) in [6.07, 6.45) is 0.510. The molecule has 22 heavy (non-hydrogen) atoms. The molecule has 8 nitrogen and oxygen atoms in total. The molecule has 0 aliphatic rings. The number of H-pyrrole nitrogens is 1. The highest BCUT2D eigenvalue weighted by Gasteiger charge is 2.12. The van der Waals surface area contributed by atoms with Gasteiger partial charge in [0, 0.05) is 12.0 Å². The minimum Gasteiger partial charge on any atom is -0.497 e. The van der Waals surface area contributed by atoms with Crippen molar-refractivity contribution in [1.29, 1.82) is 0 Å². The Morgan fingerprint density at radius 3 is 2.64 bits per heavy atom. The van der Waals surface area contributed by atoms with E-state index in [0.29, 0.717) is 23.4 Å². The molecule has 0 unspecified atom stereocenters. The molecule has 3 rings (SSSR count). The van der Waals surface area contributed by atoms with Crippen molar-refractivity contribution in [3.8, 4) is 11.5 Å². The number of nitrogen functional groups attached to an aromatic ring is 2. The molecular weight excluding hydrogens is 284 g/mol. The van der Waals surface area contributed by atoms with Crippen LogP contribution in [0.2, 0.25) is 0 Å². The second-order valence-corrected chi connectivity index (χ2v) is 4.70. The van der Waals surface area contributed by atoms with Crippen LogP contribution in [0.3, 0.4) is 0 Å². The van der Waals surface area contributed by atoms with Gasteiger partial charge in [0.2, 0.25) is 5.95 Å². The number of benzene rings is 1. The number of nitrogens with one attached hydrogen (secondary N) is 1. The van der Waals surface area contributed by atoms with E-state index < -0.39 is 0 Å². The minimum atomic E-state index is 0.110. The topological polar surface area (TPSA) is 125 Å². The Kier molecular flexibility index (Phi) is 3.42. The lowest BCUT2D eigenvalue weighted by molar-refractivity contribution is 0.399. The van der Waals surface area contributed by atoms with Crippen molar-refractivity contribution >= 4 is 22.9 Å². The van der Waals surface area contributed by atoms with Gasteiger partial charge < -0.3 is 25.9 Å². The van der Waals surface area contributed by atoms with E-state index in [4.69, 9.17) is 20.9 Å². The van der Waals surface area contributed by atoms with Crippen LogP contribution in [-0.2, 0) is 6.42 Å². The number of hydrogen-bond acceptors (Lipinski definition) is 7. The first kappa shape index (κ1) is 13.9. The van der Waals surface area contributed by atoms with Crippen molar-refractivity contribution in [1.82, 2.24) is 19.9 Å². The third-order valence-electron chi connectivity index (χ3n) is 3.28. The molecule has 0 radical (unpaired) electrons. The van der Waals surface area contributed by atoms with Gasteiger partial charge in [0.1, 0.15) is 17.3 Å². The zero-order valence-corrected chi connectivity index (χ0v) is 12.3. The van der Waals surface area contributed by atoms with Crippen LogP contribution in [0.15, 0.2) is 18.2 Å². The smallest absolute Gasteiger partial charge is 0.224 e. The summed E-state index contributed by atoms with van der Waals surface area (Å²) in [7, 11) is 3.24. The summed E-state index contributed by atoms with van der Waals surface area (Å²) in [5.41, 5.74) is 13.3. The molecule has 1 aromatic carbocycles. The van der Waals surface area contributed by atoms with E-state index in [1.165, 1.54) is 0 Å². The Bertz CT molecular complexity index is 830. The average Bonchev–Trinajstić information content (AvgIpc) is 2.89. The predicted octanol–water partition coefficient (Wildman–Crippen LogP) is 1.13. The van der Waals surface area contributed by atoms with Crippen molar-refractivity contribution in [3.05, 3.63) is 29.6 Å². The number of anilines is 2. The van der Waals surface area contributed by atoms with Gasteiger partial charge in [0.25, 0.3) is 0 Å². The Morgan fingerprint density at radius 2 is 1.91 bits per heavy atom. The second kappa shape index (κ2) is 5.40. The first-order valence-corrected chi connectivity index (χ1v) is 6.59. The molecule has 8 heteroatoms. The number of fused-ring (bicyclic) bond motifs is 1. The van der Waals surface area contributed by atoms with Crippen LogP contribution in [0, 0.1) is 0 Å². The summed E-state index contributed by atoms with van der Waals surface area (Å²) >= 11 is 0. The van der Waals surface area contributed by atoms with E-state index >= 15 is 0 Å². The Morgan fingerprint density at radius 1 is 1.09 bits per heavy atom. The Labute approximate surface area is 126 Å². The number of ether oxygens (including phenoxy) is 2. The lowest BCUT2D eigenvalue weighted by Gasteiger charge is -2.09. The number of rotatable bonds is 4. The molecule has 2 aromatic heterocycles. The third-order valence-corrected chi connectivity index (χ3v) is 3.28. The maximum atomic E-state index is 5.81. The van der Waals surface area contributed by atoms with Crippen molar-refractivity contribution in [2.75, 3.05) is 25.7 Å². The van der Waals surface area contributed by atoms with Gasteiger partial charge in [-0.25, -0.2) is 4.98 Å².